The number of hydrogen-bond donors (Lipinski definition) is 2. The zero-order valence-corrected chi connectivity index (χ0v) is 37.8. The lowest BCUT2D eigenvalue weighted by atomic mass is 9.44. The van der Waals surface area contributed by atoms with E-state index in [4.69, 9.17) is 18.9 Å². The highest BCUT2D eigenvalue weighted by Crippen LogP contribution is 2.72. The standard InChI is InChI=1S/C52H54FN3O10/c1-48(2)65-43-25-40-39-18-16-36-24-38(57)19-21-49(36,3)51(39,53)41(58)26-50(40,4)52(43,66-48)42(59)29-64-47(62)33-13-11-32(12-14-33)46(61)63-28-30-7-9-31(10-8-30)44(56(5)6)45(60)55-37-17-15-35-27-54-22-20-34(35)23-37/h7-15,17,19-24,27,39-41,43-44,58H,16,18,25-26,28-29H2,1-6H3,(H,55,60)/t39-,40-,41-,43+,44?,49-,50-,51-,52+/m0/s1. The number of rotatable bonds is 11. The topological polar surface area (TPSA) is 171 Å². The van der Waals surface area contributed by atoms with Gasteiger partial charge in [0.1, 0.15) is 12.6 Å². The van der Waals surface area contributed by atoms with Crippen molar-refractivity contribution in [1.29, 1.82) is 0 Å². The molecule has 3 saturated carbocycles. The first-order valence-electron chi connectivity index (χ1n) is 22.4. The van der Waals surface area contributed by atoms with Crippen LogP contribution in [0.15, 0.2) is 109 Å². The Morgan fingerprint density at radius 1 is 0.924 bits per heavy atom. The van der Waals surface area contributed by atoms with Crippen molar-refractivity contribution in [1.82, 2.24) is 9.88 Å². The van der Waals surface area contributed by atoms with Gasteiger partial charge >= 0.3 is 11.9 Å². The van der Waals surface area contributed by atoms with E-state index >= 15 is 4.39 Å². The van der Waals surface area contributed by atoms with Crippen molar-refractivity contribution in [3.8, 4) is 0 Å². The monoisotopic (exact) mass is 899 g/mol. The van der Waals surface area contributed by atoms with Gasteiger partial charge in [0, 0.05) is 40.2 Å². The number of fused-ring (bicyclic) bond motifs is 8. The summed E-state index contributed by atoms with van der Waals surface area (Å²) < 4.78 is 41.9. The number of ether oxygens (including phenoxy) is 4. The predicted molar refractivity (Wildman–Crippen MR) is 241 cm³/mol. The first kappa shape index (κ1) is 45.2. The number of anilines is 1. The third kappa shape index (κ3) is 7.29. The number of likely N-dealkylation sites (N-methyl/N-ethyl adjacent to an activating group) is 1. The average Bonchev–Trinajstić information content (AvgIpc) is 3.70. The molecule has 0 spiro atoms. The van der Waals surface area contributed by atoms with E-state index in [1.165, 1.54) is 36.4 Å². The van der Waals surface area contributed by atoms with E-state index in [9.17, 15) is 29.1 Å². The molecule has 2 N–H and O–H groups in total. The number of nitrogens with zero attached hydrogens (tertiary/aromatic N) is 2. The summed E-state index contributed by atoms with van der Waals surface area (Å²) in [7, 11) is 3.64. The van der Waals surface area contributed by atoms with Crippen LogP contribution in [0.2, 0.25) is 0 Å². The molecule has 0 radical (unpaired) electrons. The van der Waals surface area contributed by atoms with Crippen molar-refractivity contribution >= 4 is 45.9 Å². The second-order valence-electron chi connectivity index (χ2n) is 19.5. The van der Waals surface area contributed by atoms with Crippen LogP contribution in [0, 0.1) is 22.7 Å². The quantitative estimate of drug-likeness (QED) is 0.143. The number of allylic oxidation sites excluding steroid dienone is 4. The second-order valence-corrected chi connectivity index (χ2v) is 19.5. The van der Waals surface area contributed by atoms with Gasteiger partial charge < -0.3 is 29.4 Å². The molecule has 66 heavy (non-hydrogen) atoms. The zero-order valence-electron chi connectivity index (χ0n) is 37.8. The molecule has 1 unspecified atom stereocenters. The Balaban J connectivity index is 0.822. The maximum absolute atomic E-state index is 17.8. The molecule has 9 atom stereocenters. The van der Waals surface area contributed by atoms with Crippen LogP contribution in [-0.4, -0.2) is 94.4 Å². The van der Waals surface area contributed by atoms with Gasteiger partial charge in [0.2, 0.25) is 11.7 Å². The van der Waals surface area contributed by atoms with Crippen molar-refractivity contribution in [3.05, 3.63) is 131 Å². The maximum atomic E-state index is 17.8. The minimum Gasteiger partial charge on any atom is -0.457 e. The lowest BCUT2D eigenvalue weighted by Gasteiger charge is -2.62. The predicted octanol–water partition coefficient (Wildman–Crippen LogP) is 7.43. The molecule has 4 fully saturated rings. The molecule has 5 aliphatic rings. The van der Waals surface area contributed by atoms with Crippen LogP contribution in [-0.2, 0) is 39.9 Å². The Kier molecular flexibility index (Phi) is 11.3. The Bertz CT molecular complexity index is 2700. The van der Waals surface area contributed by atoms with Gasteiger partial charge in [-0.2, -0.15) is 0 Å². The number of aliphatic hydroxyl groups excluding tert-OH is 1. The summed E-state index contributed by atoms with van der Waals surface area (Å²) in [6.07, 6.45) is 6.63. The largest absolute Gasteiger partial charge is 0.457 e. The van der Waals surface area contributed by atoms with Crippen LogP contribution in [0.25, 0.3) is 10.8 Å². The van der Waals surface area contributed by atoms with Crippen molar-refractivity contribution < 1.29 is 52.4 Å². The number of hydrogen-bond acceptors (Lipinski definition) is 12. The third-order valence-corrected chi connectivity index (χ3v) is 15.1. The number of alkyl halides is 1. The van der Waals surface area contributed by atoms with Gasteiger partial charge in [0.25, 0.3) is 0 Å². The van der Waals surface area contributed by atoms with E-state index < -0.39 is 82.3 Å². The van der Waals surface area contributed by atoms with E-state index in [2.05, 4.69) is 10.3 Å². The fourth-order valence-corrected chi connectivity index (χ4v) is 12.0. The number of carbonyl (C=O) groups is 5. The third-order valence-electron chi connectivity index (χ3n) is 15.1. The normalized spacial score (nSPS) is 30.9. The number of ketones is 2. The summed E-state index contributed by atoms with van der Waals surface area (Å²) in [6, 6.07) is 19.8. The smallest absolute Gasteiger partial charge is 0.338 e. The van der Waals surface area contributed by atoms with Crippen molar-refractivity contribution in [3.63, 3.8) is 0 Å². The molecule has 3 aromatic carbocycles. The second kappa shape index (κ2) is 16.4. The van der Waals surface area contributed by atoms with Crippen LogP contribution in [0.3, 0.4) is 0 Å². The van der Waals surface area contributed by atoms with Gasteiger partial charge in [-0.05, 0) is 138 Å². The fraction of sp³-hybridized carbons (Fsp3) is 0.423. The summed E-state index contributed by atoms with van der Waals surface area (Å²) in [5.74, 6) is -4.69. The fourth-order valence-electron chi connectivity index (χ4n) is 12.0. The minimum absolute atomic E-state index is 0.0412. The molecule has 13 nitrogen and oxygen atoms in total. The number of nitrogens with one attached hydrogen (secondary N) is 1. The summed E-state index contributed by atoms with van der Waals surface area (Å²) in [6.45, 7) is 6.27. The molecule has 9 rings (SSSR count). The Morgan fingerprint density at radius 3 is 2.32 bits per heavy atom. The van der Waals surface area contributed by atoms with Crippen molar-refractivity contribution in [2.45, 2.75) is 95.3 Å². The molecule has 2 heterocycles. The lowest BCUT2D eigenvalue weighted by Crippen LogP contribution is -2.70. The number of esters is 2. The molecule has 0 bridgehead atoms. The number of halogens is 1. The molecule has 1 aliphatic heterocycles. The molecular formula is C52H54FN3O10. The van der Waals surface area contributed by atoms with Gasteiger partial charge in [0.05, 0.1) is 23.3 Å². The number of benzene rings is 3. The number of carbonyl (C=O) groups excluding carboxylic acids is 5. The summed E-state index contributed by atoms with van der Waals surface area (Å²) in [5.41, 5.74) is -2.99. The van der Waals surface area contributed by atoms with Gasteiger partial charge in [0.15, 0.2) is 29.4 Å². The van der Waals surface area contributed by atoms with Crippen LogP contribution >= 0.6 is 0 Å². The van der Waals surface area contributed by atoms with Crippen LogP contribution < -0.4 is 5.32 Å². The van der Waals surface area contributed by atoms with E-state index in [1.54, 1.807) is 51.4 Å². The first-order chi connectivity index (χ1) is 31.3. The molecule has 4 aromatic rings. The van der Waals surface area contributed by atoms with Crippen LogP contribution in [0.4, 0.5) is 10.1 Å². The molecule has 1 saturated heterocycles. The maximum Gasteiger partial charge on any atom is 0.338 e. The van der Waals surface area contributed by atoms with Gasteiger partial charge in [-0.1, -0.05) is 48.9 Å². The first-order valence-corrected chi connectivity index (χ1v) is 22.4. The molecule has 4 aliphatic carbocycles. The SMILES string of the molecule is CN(C)C(C(=O)Nc1ccc2cnccc2c1)c1ccc(COC(=O)c2ccc(C(=O)OCC(=O)[C@@]34OC(C)(C)O[C@@H]3C[C@H]3[C@@H]5CCC6=CC(=O)C=C[C@]6(C)[C@@]5(F)[C@@H](O)C[C@@]34C)cc2)cc1. The van der Waals surface area contributed by atoms with E-state index in [-0.39, 0.29) is 35.8 Å². The molecule has 1 aromatic heterocycles. The summed E-state index contributed by atoms with van der Waals surface area (Å²) in [4.78, 5) is 72.7. The molecular weight excluding hydrogens is 846 g/mol. The van der Waals surface area contributed by atoms with Gasteiger partial charge in [-0.3, -0.25) is 24.3 Å². The number of Topliss-reactive ketones (excluding diaryl/α,β-unsaturated/α-hetero) is 1. The van der Waals surface area contributed by atoms with E-state index in [0.717, 1.165) is 16.3 Å². The number of pyridine rings is 1. The number of amides is 1. The molecule has 1 amide bonds. The Hall–Kier alpha value is -5.93. The van der Waals surface area contributed by atoms with Gasteiger partial charge in [-0.15, -0.1) is 0 Å². The highest BCUT2D eigenvalue weighted by atomic mass is 19.1. The highest BCUT2D eigenvalue weighted by Gasteiger charge is 2.80. The number of aliphatic hydroxyl groups is 1. The van der Waals surface area contributed by atoms with Crippen LogP contribution in [0.1, 0.15) is 91.3 Å². The van der Waals surface area contributed by atoms with Crippen LogP contribution in [0.5, 0.6) is 0 Å². The lowest BCUT2D eigenvalue weighted by molar-refractivity contribution is -0.246. The minimum atomic E-state index is -2.11. The summed E-state index contributed by atoms with van der Waals surface area (Å²) >= 11 is 0. The zero-order chi connectivity index (χ0) is 47.0. The van der Waals surface area contributed by atoms with E-state index in [0.29, 0.717) is 36.1 Å². The Labute approximate surface area is 382 Å². The molecule has 14 heteroatoms. The average molecular weight is 900 g/mol. The molecule has 344 valence electrons. The summed E-state index contributed by atoms with van der Waals surface area (Å²) in [5, 5.41) is 16.8. The number of aromatic nitrogens is 1. The van der Waals surface area contributed by atoms with E-state index in [1.807, 2.05) is 62.3 Å². The highest BCUT2D eigenvalue weighted by molar-refractivity contribution is 6.01. The van der Waals surface area contributed by atoms with Crippen molar-refractivity contribution in [2.75, 3.05) is 26.0 Å². The van der Waals surface area contributed by atoms with Crippen molar-refractivity contribution in [2.24, 2.45) is 22.7 Å². The van der Waals surface area contributed by atoms with Gasteiger partial charge in [-0.25, -0.2) is 14.0 Å². The Morgan fingerprint density at radius 2 is 1.62 bits per heavy atom.